The van der Waals surface area contributed by atoms with E-state index in [1.54, 1.807) is 35.3 Å². The van der Waals surface area contributed by atoms with Gasteiger partial charge in [-0.1, -0.05) is 12.1 Å². The molecule has 3 aromatic heterocycles. The van der Waals surface area contributed by atoms with Gasteiger partial charge in [0.15, 0.2) is 11.6 Å². The Morgan fingerprint density at radius 2 is 1.94 bits per heavy atom. The molecule has 0 radical (unpaired) electrons. The fourth-order valence-electron chi connectivity index (χ4n) is 4.05. The van der Waals surface area contributed by atoms with Crippen LogP contribution in [0.25, 0.3) is 28.5 Å². The van der Waals surface area contributed by atoms with Crippen molar-refractivity contribution in [1.29, 1.82) is 0 Å². The predicted octanol–water partition coefficient (Wildman–Crippen LogP) is 3.47. The molecular weight excluding hydrogens is 421 g/mol. The quantitative estimate of drug-likeness (QED) is 0.503. The van der Waals surface area contributed by atoms with Gasteiger partial charge in [0.25, 0.3) is 0 Å². The van der Waals surface area contributed by atoms with E-state index in [-0.39, 0.29) is 17.4 Å². The Hall–Kier alpha value is -3.85. The van der Waals surface area contributed by atoms with Crippen LogP contribution in [0.2, 0.25) is 0 Å². The number of benzene rings is 1. The van der Waals surface area contributed by atoms with Crippen LogP contribution in [0.3, 0.4) is 0 Å². The smallest absolute Gasteiger partial charge is 0.166 e. The standard InChI is InChI=1S/C24H24FN7O/c1-33-20-7-2-6-18(25)23(20)24-27-11-10-19(29-24)16-13-28-32(14-16)22-9-3-8-21(30-22)31-12-4-5-17(26)15-31/h2-3,6-11,13-14,17H,4-5,12,15,26H2,1H3. The van der Waals surface area contributed by atoms with Crippen LogP contribution in [0.4, 0.5) is 10.2 Å². The number of rotatable bonds is 5. The molecule has 8 nitrogen and oxygen atoms in total. The second kappa shape index (κ2) is 8.95. The van der Waals surface area contributed by atoms with E-state index in [0.29, 0.717) is 17.3 Å². The maximum atomic E-state index is 14.5. The lowest BCUT2D eigenvalue weighted by molar-refractivity contribution is 0.413. The number of aromatic nitrogens is 5. The van der Waals surface area contributed by atoms with Crippen molar-refractivity contribution >= 4 is 5.82 Å². The van der Waals surface area contributed by atoms with Gasteiger partial charge in [-0.25, -0.2) is 24.0 Å². The molecule has 1 fully saturated rings. The fourth-order valence-corrected chi connectivity index (χ4v) is 4.05. The van der Waals surface area contributed by atoms with Crippen LogP contribution in [-0.4, -0.2) is 51.0 Å². The van der Waals surface area contributed by atoms with Gasteiger partial charge < -0.3 is 15.4 Å². The van der Waals surface area contributed by atoms with E-state index in [0.717, 1.165) is 37.3 Å². The lowest BCUT2D eigenvalue weighted by atomic mass is 10.1. The zero-order valence-electron chi connectivity index (χ0n) is 18.2. The summed E-state index contributed by atoms with van der Waals surface area (Å²) in [6.07, 6.45) is 7.24. The van der Waals surface area contributed by atoms with E-state index in [1.807, 2.05) is 24.4 Å². The minimum absolute atomic E-state index is 0.167. The first-order valence-electron chi connectivity index (χ1n) is 10.8. The topological polar surface area (TPSA) is 95.0 Å². The Balaban J connectivity index is 1.45. The summed E-state index contributed by atoms with van der Waals surface area (Å²) in [6.45, 7) is 1.74. The van der Waals surface area contributed by atoms with Gasteiger partial charge in [-0.15, -0.1) is 0 Å². The first-order chi connectivity index (χ1) is 16.1. The molecule has 5 rings (SSSR count). The van der Waals surface area contributed by atoms with Gasteiger partial charge in [0.05, 0.1) is 24.6 Å². The molecule has 1 aliphatic rings. The minimum atomic E-state index is -0.444. The predicted molar refractivity (Wildman–Crippen MR) is 124 cm³/mol. The van der Waals surface area contributed by atoms with Crippen LogP contribution >= 0.6 is 0 Å². The Kier molecular flexibility index (Phi) is 5.70. The maximum absolute atomic E-state index is 14.5. The van der Waals surface area contributed by atoms with Gasteiger partial charge in [0, 0.05) is 37.1 Å². The average Bonchev–Trinajstić information content (AvgIpc) is 3.34. The Bertz CT molecular complexity index is 1280. The second-order valence-corrected chi connectivity index (χ2v) is 7.96. The van der Waals surface area contributed by atoms with Crippen molar-refractivity contribution in [1.82, 2.24) is 24.7 Å². The maximum Gasteiger partial charge on any atom is 0.166 e. The molecule has 0 bridgehead atoms. The highest BCUT2D eigenvalue weighted by Gasteiger charge is 2.19. The molecule has 33 heavy (non-hydrogen) atoms. The summed E-state index contributed by atoms with van der Waals surface area (Å²) >= 11 is 0. The third-order valence-corrected chi connectivity index (χ3v) is 5.69. The molecule has 1 unspecified atom stereocenters. The zero-order chi connectivity index (χ0) is 22.8. The van der Waals surface area contributed by atoms with Gasteiger partial charge in [0.1, 0.15) is 17.4 Å². The Morgan fingerprint density at radius 3 is 2.79 bits per heavy atom. The highest BCUT2D eigenvalue weighted by atomic mass is 19.1. The van der Waals surface area contributed by atoms with E-state index < -0.39 is 5.82 Å². The average molecular weight is 446 g/mol. The van der Waals surface area contributed by atoms with Crippen molar-refractivity contribution in [3.8, 4) is 34.2 Å². The van der Waals surface area contributed by atoms with Crippen LogP contribution in [0.5, 0.6) is 5.75 Å². The van der Waals surface area contributed by atoms with Crippen LogP contribution in [0.15, 0.2) is 61.1 Å². The summed E-state index contributed by atoms with van der Waals surface area (Å²) in [5, 5.41) is 4.47. The van der Waals surface area contributed by atoms with Crippen molar-refractivity contribution < 1.29 is 9.13 Å². The molecule has 4 heterocycles. The molecule has 0 saturated carbocycles. The van der Waals surface area contributed by atoms with Crippen molar-refractivity contribution in [3.63, 3.8) is 0 Å². The summed E-state index contributed by atoms with van der Waals surface area (Å²) < 4.78 is 21.5. The Labute approximate surface area is 190 Å². The van der Waals surface area contributed by atoms with Gasteiger partial charge >= 0.3 is 0 Å². The number of nitrogens with two attached hydrogens (primary N) is 1. The monoisotopic (exact) mass is 445 g/mol. The molecule has 1 aliphatic heterocycles. The van der Waals surface area contributed by atoms with Gasteiger partial charge in [-0.3, -0.25) is 0 Å². The number of anilines is 1. The normalized spacial score (nSPS) is 16.1. The molecule has 9 heteroatoms. The summed E-state index contributed by atoms with van der Waals surface area (Å²) in [5.41, 5.74) is 7.74. The second-order valence-electron chi connectivity index (χ2n) is 7.96. The summed E-state index contributed by atoms with van der Waals surface area (Å²) in [4.78, 5) is 15.8. The Morgan fingerprint density at radius 1 is 1.09 bits per heavy atom. The SMILES string of the molecule is COc1cccc(F)c1-c1nccc(-c2cnn(-c3cccc(N4CCCC(N)C4)n3)c2)n1. The molecule has 0 spiro atoms. The number of pyridine rings is 1. The van der Waals surface area contributed by atoms with Crippen molar-refractivity contribution in [3.05, 3.63) is 66.9 Å². The summed E-state index contributed by atoms with van der Waals surface area (Å²) in [5.74, 6) is 1.76. The fraction of sp³-hybridized carbons (Fsp3) is 0.250. The van der Waals surface area contributed by atoms with Crippen molar-refractivity contribution in [2.24, 2.45) is 5.73 Å². The van der Waals surface area contributed by atoms with E-state index in [4.69, 9.17) is 15.5 Å². The molecule has 1 aromatic carbocycles. The summed E-state index contributed by atoms with van der Waals surface area (Å²) in [6, 6.07) is 12.4. The van der Waals surface area contributed by atoms with Crippen LogP contribution < -0.4 is 15.4 Å². The van der Waals surface area contributed by atoms with Crippen LogP contribution in [0, 0.1) is 5.82 Å². The van der Waals surface area contributed by atoms with Crippen molar-refractivity contribution in [2.75, 3.05) is 25.1 Å². The number of hydrogen-bond acceptors (Lipinski definition) is 7. The number of ether oxygens (including phenoxy) is 1. The highest BCUT2D eigenvalue weighted by Crippen LogP contribution is 2.31. The first-order valence-corrected chi connectivity index (χ1v) is 10.8. The number of halogens is 1. The number of nitrogens with zero attached hydrogens (tertiary/aromatic N) is 6. The first kappa shape index (κ1) is 21.0. The largest absolute Gasteiger partial charge is 0.496 e. The molecule has 1 saturated heterocycles. The molecule has 2 N–H and O–H groups in total. The van der Waals surface area contributed by atoms with Gasteiger partial charge in [0.2, 0.25) is 0 Å². The van der Waals surface area contributed by atoms with Crippen LogP contribution in [0.1, 0.15) is 12.8 Å². The van der Waals surface area contributed by atoms with E-state index in [9.17, 15) is 4.39 Å². The molecular formula is C24H24FN7O. The zero-order valence-corrected chi connectivity index (χ0v) is 18.2. The van der Waals surface area contributed by atoms with Gasteiger partial charge in [-0.05, 0) is 43.2 Å². The molecule has 4 aromatic rings. The van der Waals surface area contributed by atoms with Gasteiger partial charge in [-0.2, -0.15) is 5.10 Å². The minimum Gasteiger partial charge on any atom is -0.496 e. The number of piperidine rings is 1. The molecule has 1 atom stereocenters. The lowest BCUT2D eigenvalue weighted by Crippen LogP contribution is -2.43. The third kappa shape index (κ3) is 4.27. The van der Waals surface area contributed by atoms with E-state index in [1.165, 1.54) is 13.2 Å². The van der Waals surface area contributed by atoms with E-state index in [2.05, 4.69) is 20.0 Å². The molecule has 0 aliphatic carbocycles. The van der Waals surface area contributed by atoms with Crippen LogP contribution in [-0.2, 0) is 0 Å². The highest BCUT2D eigenvalue weighted by molar-refractivity contribution is 5.68. The summed E-state index contributed by atoms with van der Waals surface area (Å²) in [7, 11) is 1.49. The molecule has 0 amide bonds. The molecule has 168 valence electrons. The number of methoxy groups -OCH3 is 1. The van der Waals surface area contributed by atoms with E-state index >= 15 is 0 Å². The number of hydrogen-bond donors (Lipinski definition) is 1. The van der Waals surface area contributed by atoms with Crippen molar-refractivity contribution in [2.45, 2.75) is 18.9 Å². The third-order valence-electron chi connectivity index (χ3n) is 5.69. The lowest BCUT2D eigenvalue weighted by Gasteiger charge is -2.31.